The van der Waals surface area contributed by atoms with Crippen molar-refractivity contribution in [1.82, 2.24) is 0 Å². The van der Waals surface area contributed by atoms with Crippen LogP contribution in [0.4, 0.5) is 0 Å². The molecule has 0 radical (unpaired) electrons. The number of rotatable bonds is 16. The summed E-state index contributed by atoms with van der Waals surface area (Å²) >= 11 is 0. The third-order valence-corrected chi connectivity index (χ3v) is 10.3. The molecule has 4 heteroatoms. The second-order valence-electron chi connectivity index (χ2n) is 9.45. The van der Waals surface area contributed by atoms with Crippen molar-refractivity contribution in [3.63, 3.8) is 0 Å². The van der Waals surface area contributed by atoms with E-state index in [0.717, 1.165) is 38.3 Å². The molecule has 0 aromatic rings. The first kappa shape index (κ1) is 25.5. The van der Waals surface area contributed by atoms with Crippen molar-refractivity contribution in [3.05, 3.63) is 0 Å². The fraction of sp³-hybridized carbons (Fsp3) is 0.909. The van der Waals surface area contributed by atoms with Crippen LogP contribution in [0.25, 0.3) is 0 Å². The van der Waals surface area contributed by atoms with Gasteiger partial charge in [0.25, 0.3) is 0 Å². The predicted octanol–water partition coefficient (Wildman–Crippen LogP) is 6.70. The Labute approximate surface area is 163 Å². The predicted molar refractivity (Wildman–Crippen MR) is 114 cm³/mol. The maximum atomic E-state index is 10.6. The Balaban J connectivity index is 4.40. The zero-order valence-electron chi connectivity index (χ0n) is 18.3. The summed E-state index contributed by atoms with van der Waals surface area (Å²) in [6, 6.07) is 0. The van der Waals surface area contributed by atoms with Crippen LogP contribution < -0.4 is 0 Å². The number of hydrogen-bond acceptors (Lipinski definition) is 3. The van der Waals surface area contributed by atoms with Crippen molar-refractivity contribution in [1.29, 1.82) is 0 Å². The molecular weight excluding hydrogens is 340 g/mol. The van der Waals surface area contributed by atoms with Crippen molar-refractivity contribution in [3.8, 4) is 0 Å². The lowest BCUT2D eigenvalue weighted by Gasteiger charge is -2.40. The standard InChI is InChI=1S/C22H44O3Si/c1-20(15-14-18-24)19-21(25-26(5,6)22(2,3)4)16-12-10-8-7-9-11-13-17-23/h17-18,20-21H,7-16,19H2,1-6H3. The summed E-state index contributed by atoms with van der Waals surface area (Å²) < 4.78 is 6.72. The maximum absolute atomic E-state index is 10.6. The van der Waals surface area contributed by atoms with E-state index in [4.69, 9.17) is 4.43 Å². The molecule has 0 spiro atoms. The van der Waals surface area contributed by atoms with E-state index in [9.17, 15) is 9.59 Å². The molecule has 2 atom stereocenters. The molecule has 0 amide bonds. The van der Waals surface area contributed by atoms with Crippen LogP contribution in [0.2, 0.25) is 18.1 Å². The second-order valence-corrected chi connectivity index (χ2v) is 14.2. The molecule has 0 saturated carbocycles. The van der Waals surface area contributed by atoms with E-state index in [1.165, 1.54) is 32.1 Å². The number of carbonyl (C=O) groups excluding carboxylic acids is 2. The fourth-order valence-corrected chi connectivity index (χ4v) is 4.45. The minimum Gasteiger partial charge on any atom is -0.414 e. The Morgan fingerprint density at radius 2 is 1.38 bits per heavy atom. The Morgan fingerprint density at radius 3 is 1.92 bits per heavy atom. The second kappa shape index (κ2) is 13.7. The molecule has 0 fully saturated rings. The van der Waals surface area contributed by atoms with Gasteiger partial charge in [0.2, 0.25) is 0 Å². The highest BCUT2D eigenvalue weighted by Gasteiger charge is 2.39. The monoisotopic (exact) mass is 384 g/mol. The summed E-state index contributed by atoms with van der Waals surface area (Å²) in [6.07, 6.45) is 14.1. The highest BCUT2D eigenvalue weighted by molar-refractivity contribution is 6.74. The first-order valence-corrected chi connectivity index (χ1v) is 13.6. The molecule has 0 aliphatic heterocycles. The molecule has 0 bridgehead atoms. The lowest BCUT2D eigenvalue weighted by atomic mass is 9.95. The Morgan fingerprint density at radius 1 is 0.846 bits per heavy atom. The van der Waals surface area contributed by atoms with Gasteiger partial charge in [0, 0.05) is 18.9 Å². The summed E-state index contributed by atoms with van der Waals surface area (Å²) in [5.41, 5.74) is 0. The normalized spacial score (nSPS) is 14.8. The Kier molecular flexibility index (Phi) is 13.4. The number of unbranched alkanes of at least 4 members (excludes halogenated alkanes) is 6. The average molecular weight is 385 g/mol. The molecule has 154 valence electrons. The van der Waals surface area contributed by atoms with Crippen LogP contribution in [0, 0.1) is 5.92 Å². The smallest absolute Gasteiger partial charge is 0.192 e. The van der Waals surface area contributed by atoms with Crippen LogP contribution in [0.1, 0.15) is 98.3 Å². The number of hydrogen-bond donors (Lipinski definition) is 0. The van der Waals surface area contributed by atoms with Crippen molar-refractivity contribution in [2.75, 3.05) is 0 Å². The quantitative estimate of drug-likeness (QED) is 0.169. The molecular formula is C22H44O3Si. The molecule has 0 saturated heterocycles. The molecule has 2 unspecified atom stereocenters. The average Bonchev–Trinajstić information content (AvgIpc) is 2.53. The third-order valence-electron chi connectivity index (χ3n) is 5.81. The first-order chi connectivity index (χ1) is 12.1. The molecule has 0 N–H and O–H groups in total. The van der Waals surface area contributed by atoms with Crippen LogP contribution >= 0.6 is 0 Å². The van der Waals surface area contributed by atoms with Gasteiger partial charge in [-0.05, 0) is 49.7 Å². The molecule has 0 heterocycles. The molecule has 3 nitrogen and oxygen atoms in total. The van der Waals surface area contributed by atoms with Crippen LogP contribution in [0.3, 0.4) is 0 Å². The summed E-state index contributed by atoms with van der Waals surface area (Å²) in [4.78, 5) is 21.0. The van der Waals surface area contributed by atoms with Crippen molar-refractivity contribution >= 4 is 20.9 Å². The van der Waals surface area contributed by atoms with E-state index in [1.54, 1.807) is 0 Å². The summed E-state index contributed by atoms with van der Waals surface area (Å²) in [7, 11) is -1.76. The highest BCUT2D eigenvalue weighted by Crippen LogP contribution is 2.38. The molecule has 26 heavy (non-hydrogen) atoms. The lowest BCUT2D eigenvalue weighted by molar-refractivity contribution is -0.108. The zero-order chi connectivity index (χ0) is 20.1. The minimum atomic E-state index is -1.76. The topological polar surface area (TPSA) is 43.4 Å². The van der Waals surface area contributed by atoms with Crippen LogP contribution in [0.5, 0.6) is 0 Å². The van der Waals surface area contributed by atoms with Crippen molar-refractivity contribution in [2.24, 2.45) is 5.92 Å². The van der Waals surface area contributed by atoms with Crippen LogP contribution in [0.15, 0.2) is 0 Å². The van der Waals surface area contributed by atoms with Gasteiger partial charge in [0.1, 0.15) is 12.6 Å². The van der Waals surface area contributed by atoms with Crippen LogP contribution in [-0.4, -0.2) is 27.0 Å². The molecule has 0 rings (SSSR count). The lowest BCUT2D eigenvalue weighted by Crippen LogP contribution is -2.44. The van der Waals surface area contributed by atoms with Crippen molar-refractivity contribution in [2.45, 2.75) is 123 Å². The van der Waals surface area contributed by atoms with Gasteiger partial charge in [-0.25, -0.2) is 0 Å². The van der Waals surface area contributed by atoms with Gasteiger partial charge in [0.15, 0.2) is 8.32 Å². The van der Waals surface area contributed by atoms with E-state index < -0.39 is 8.32 Å². The van der Waals surface area contributed by atoms with E-state index in [0.29, 0.717) is 24.9 Å². The highest BCUT2D eigenvalue weighted by atomic mass is 28.4. The maximum Gasteiger partial charge on any atom is 0.192 e. The minimum absolute atomic E-state index is 0.232. The van der Waals surface area contributed by atoms with Crippen LogP contribution in [-0.2, 0) is 14.0 Å². The van der Waals surface area contributed by atoms with Gasteiger partial charge in [0.05, 0.1) is 0 Å². The van der Waals surface area contributed by atoms with Crippen molar-refractivity contribution < 1.29 is 14.0 Å². The van der Waals surface area contributed by atoms with Gasteiger partial charge in [-0.1, -0.05) is 59.8 Å². The number of carbonyl (C=O) groups is 2. The van der Waals surface area contributed by atoms with Gasteiger partial charge < -0.3 is 14.0 Å². The van der Waals surface area contributed by atoms with Gasteiger partial charge in [-0.2, -0.15) is 0 Å². The summed E-state index contributed by atoms with van der Waals surface area (Å²) in [6.45, 7) is 13.8. The van der Waals surface area contributed by atoms with Gasteiger partial charge in [-0.15, -0.1) is 0 Å². The third kappa shape index (κ3) is 12.0. The molecule has 0 aromatic carbocycles. The van der Waals surface area contributed by atoms with E-state index in [2.05, 4.69) is 40.8 Å². The molecule has 0 aliphatic carbocycles. The molecule has 0 aliphatic rings. The summed E-state index contributed by atoms with van der Waals surface area (Å²) in [5, 5.41) is 0.232. The van der Waals surface area contributed by atoms with Gasteiger partial charge >= 0.3 is 0 Å². The Hall–Kier alpha value is -0.483. The van der Waals surface area contributed by atoms with E-state index in [-0.39, 0.29) is 5.04 Å². The SMILES string of the molecule is CC(CCC=O)CC(CCCCCCCCC=O)O[Si](C)(C)C(C)(C)C. The largest absolute Gasteiger partial charge is 0.414 e. The zero-order valence-corrected chi connectivity index (χ0v) is 19.3. The van der Waals surface area contributed by atoms with Gasteiger partial charge in [-0.3, -0.25) is 0 Å². The Bertz CT molecular complexity index is 374. The van der Waals surface area contributed by atoms with E-state index >= 15 is 0 Å². The number of aldehydes is 2. The first-order valence-electron chi connectivity index (χ1n) is 10.7. The summed E-state index contributed by atoms with van der Waals surface area (Å²) in [5.74, 6) is 0.540. The van der Waals surface area contributed by atoms with E-state index in [1.807, 2.05) is 0 Å². The molecule has 0 aromatic heterocycles. The fourth-order valence-electron chi connectivity index (χ4n) is 3.04.